The van der Waals surface area contributed by atoms with E-state index in [0.717, 1.165) is 6.42 Å². The van der Waals surface area contributed by atoms with Gasteiger partial charge in [0, 0.05) is 16.5 Å². The molecule has 94 valence electrons. The summed E-state index contributed by atoms with van der Waals surface area (Å²) in [4.78, 5) is 10.9. The van der Waals surface area contributed by atoms with Crippen LogP contribution in [0, 0.1) is 16.0 Å². The molecule has 1 rings (SSSR count). The molecule has 0 fully saturated rings. The van der Waals surface area contributed by atoms with Gasteiger partial charge in [0.05, 0.1) is 9.95 Å². The topological polar surface area (TPSA) is 43.1 Å². The highest BCUT2D eigenvalue weighted by atomic mass is 79.9. The maximum absolute atomic E-state index is 10.9. The lowest BCUT2D eigenvalue weighted by Gasteiger charge is -2.18. The van der Waals surface area contributed by atoms with Gasteiger partial charge in [0.2, 0.25) is 0 Å². The Morgan fingerprint density at radius 2 is 2.18 bits per heavy atom. The summed E-state index contributed by atoms with van der Waals surface area (Å²) in [7, 11) is 0. The fraction of sp³-hybridized carbons (Fsp3) is 0.500. The predicted molar refractivity (Wildman–Crippen MR) is 74.0 cm³/mol. The van der Waals surface area contributed by atoms with Crippen LogP contribution in [0.5, 0.6) is 0 Å². The fourth-order valence-electron chi connectivity index (χ4n) is 1.81. The first-order chi connectivity index (χ1) is 7.97. The number of benzene rings is 1. The smallest absolute Gasteiger partial charge is 0.258 e. The summed E-state index contributed by atoms with van der Waals surface area (Å²) in [6, 6.07) is 4.82. The molecular weight excluding hydrogens is 305 g/mol. The largest absolute Gasteiger partial charge is 0.274 e. The van der Waals surface area contributed by atoms with Gasteiger partial charge >= 0.3 is 0 Å². The molecule has 0 aromatic heterocycles. The Balaban J connectivity index is 3.07. The Morgan fingerprint density at radius 1 is 1.53 bits per heavy atom. The van der Waals surface area contributed by atoms with E-state index >= 15 is 0 Å². The molecule has 2 atom stereocenters. The summed E-state index contributed by atoms with van der Waals surface area (Å²) in [6.45, 7) is 4.13. The minimum atomic E-state index is -0.368. The summed E-state index contributed by atoms with van der Waals surface area (Å²) in [5.41, 5.74) is 0.751. The summed E-state index contributed by atoms with van der Waals surface area (Å²) in [5, 5.41) is 11.4. The Hall–Kier alpha value is -0.610. The molecule has 2 unspecified atom stereocenters. The number of hydrogen-bond acceptors (Lipinski definition) is 2. The fourth-order valence-corrected chi connectivity index (χ4v) is 2.62. The maximum Gasteiger partial charge on any atom is 0.274 e. The van der Waals surface area contributed by atoms with Crippen LogP contribution in [0.3, 0.4) is 0 Å². The first-order valence-electron chi connectivity index (χ1n) is 5.53. The molecule has 1 aromatic rings. The van der Waals surface area contributed by atoms with E-state index < -0.39 is 0 Å². The van der Waals surface area contributed by atoms with Gasteiger partial charge in [-0.05, 0) is 18.4 Å². The second-order valence-electron chi connectivity index (χ2n) is 4.04. The van der Waals surface area contributed by atoms with E-state index in [1.807, 2.05) is 0 Å². The molecule has 0 bridgehead atoms. The zero-order chi connectivity index (χ0) is 13.0. The summed E-state index contributed by atoms with van der Waals surface area (Å²) in [6.07, 6.45) is 1.58. The van der Waals surface area contributed by atoms with Crippen molar-refractivity contribution in [2.45, 2.75) is 31.5 Å². The summed E-state index contributed by atoms with van der Waals surface area (Å²) >= 11 is 9.59. The van der Waals surface area contributed by atoms with Crippen molar-refractivity contribution < 1.29 is 4.92 Å². The average molecular weight is 321 g/mol. The third kappa shape index (κ3) is 3.68. The Kier molecular flexibility index (Phi) is 5.40. The van der Waals surface area contributed by atoms with E-state index in [9.17, 15) is 10.1 Å². The van der Waals surface area contributed by atoms with Crippen molar-refractivity contribution in [1.29, 1.82) is 0 Å². The molecule has 0 N–H and O–H groups in total. The number of hydrogen-bond donors (Lipinski definition) is 0. The van der Waals surface area contributed by atoms with Gasteiger partial charge in [-0.1, -0.05) is 53.9 Å². The lowest BCUT2D eigenvalue weighted by molar-refractivity contribution is -0.385. The Morgan fingerprint density at radius 3 is 2.65 bits per heavy atom. The molecule has 0 heterocycles. The molecule has 1 aromatic carbocycles. The van der Waals surface area contributed by atoms with Crippen molar-refractivity contribution in [2.24, 2.45) is 5.92 Å². The van der Waals surface area contributed by atoms with Crippen LogP contribution in [-0.2, 0) is 6.42 Å². The van der Waals surface area contributed by atoms with Gasteiger partial charge in [-0.2, -0.15) is 0 Å². The van der Waals surface area contributed by atoms with E-state index in [2.05, 4.69) is 29.8 Å². The molecule has 0 aliphatic carbocycles. The van der Waals surface area contributed by atoms with Gasteiger partial charge in [-0.15, -0.1) is 0 Å². The zero-order valence-corrected chi connectivity index (χ0v) is 12.2. The molecule has 0 aliphatic heterocycles. The normalized spacial score (nSPS) is 14.4. The van der Waals surface area contributed by atoms with E-state index in [1.54, 1.807) is 12.1 Å². The number of nitro groups is 1. The third-order valence-electron chi connectivity index (χ3n) is 2.93. The van der Waals surface area contributed by atoms with Gasteiger partial charge in [-0.3, -0.25) is 10.1 Å². The van der Waals surface area contributed by atoms with Crippen molar-refractivity contribution in [1.82, 2.24) is 0 Å². The highest BCUT2D eigenvalue weighted by Gasteiger charge is 2.22. The minimum absolute atomic E-state index is 0.115. The summed E-state index contributed by atoms with van der Waals surface area (Å²) < 4.78 is 0. The number of nitrogens with zero attached hydrogens (tertiary/aromatic N) is 1. The number of halogens is 2. The Labute approximate surface area is 114 Å². The van der Waals surface area contributed by atoms with Crippen LogP contribution in [-0.4, -0.2) is 9.75 Å². The van der Waals surface area contributed by atoms with Crippen LogP contribution < -0.4 is 0 Å². The average Bonchev–Trinajstić information content (AvgIpc) is 2.26. The van der Waals surface area contributed by atoms with Crippen LogP contribution in [0.1, 0.15) is 25.8 Å². The van der Waals surface area contributed by atoms with Crippen molar-refractivity contribution in [3.63, 3.8) is 0 Å². The lowest BCUT2D eigenvalue weighted by Crippen LogP contribution is -2.14. The molecule has 0 saturated carbocycles. The highest BCUT2D eigenvalue weighted by molar-refractivity contribution is 9.09. The third-order valence-corrected chi connectivity index (χ3v) is 4.03. The van der Waals surface area contributed by atoms with Gasteiger partial charge in [-0.25, -0.2) is 0 Å². The monoisotopic (exact) mass is 319 g/mol. The first kappa shape index (κ1) is 14.5. The van der Waals surface area contributed by atoms with Crippen LogP contribution in [0.2, 0.25) is 5.02 Å². The van der Waals surface area contributed by atoms with E-state index in [0.29, 0.717) is 27.8 Å². The zero-order valence-electron chi connectivity index (χ0n) is 9.82. The van der Waals surface area contributed by atoms with E-state index in [4.69, 9.17) is 11.6 Å². The van der Waals surface area contributed by atoms with Crippen LogP contribution in [0.25, 0.3) is 0 Å². The minimum Gasteiger partial charge on any atom is -0.258 e. The molecular formula is C12H15BrClNO2. The van der Waals surface area contributed by atoms with E-state index in [-0.39, 0.29) is 10.6 Å². The second-order valence-corrected chi connectivity index (χ2v) is 5.90. The predicted octanol–water partition coefficient (Wildman–Crippen LogP) is 4.60. The molecule has 0 saturated heterocycles. The van der Waals surface area contributed by atoms with E-state index in [1.165, 1.54) is 6.07 Å². The molecule has 5 heteroatoms. The quantitative estimate of drug-likeness (QED) is 0.452. The second kappa shape index (κ2) is 6.36. The lowest BCUT2D eigenvalue weighted by atomic mass is 9.93. The van der Waals surface area contributed by atoms with Crippen LogP contribution in [0.4, 0.5) is 5.69 Å². The molecule has 0 spiro atoms. The SMILES string of the molecule is CCC(Cc1c(Cl)cccc1[N+](=O)[O-])C(C)Br. The van der Waals surface area contributed by atoms with Gasteiger partial charge in [0.1, 0.15) is 0 Å². The molecule has 0 radical (unpaired) electrons. The van der Waals surface area contributed by atoms with Gasteiger partial charge in [0.25, 0.3) is 5.69 Å². The van der Waals surface area contributed by atoms with Gasteiger partial charge in [0.15, 0.2) is 0 Å². The van der Waals surface area contributed by atoms with Crippen molar-refractivity contribution in [3.05, 3.63) is 38.9 Å². The van der Waals surface area contributed by atoms with Crippen LogP contribution >= 0.6 is 27.5 Å². The number of nitro benzene ring substituents is 1. The molecule has 0 amide bonds. The molecule has 17 heavy (non-hydrogen) atoms. The van der Waals surface area contributed by atoms with Crippen molar-refractivity contribution in [3.8, 4) is 0 Å². The standard InChI is InChI=1S/C12H15BrClNO2/c1-3-9(8(2)13)7-10-11(14)5-4-6-12(10)15(16)17/h4-6,8-9H,3,7H2,1-2H3. The van der Waals surface area contributed by atoms with Gasteiger partial charge < -0.3 is 0 Å². The first-order valence-corrected chi connectivity index (χ1v) is 6.82. The van der Waals surface area contributed by atoms with Crippen molar-refractivity contribution >= 4 is 33.2 Å². The van der Waals surface area contributed by atoms with Crippen LogP contribution in [0.15, 0.2) is 18.2 Å². The molecule has 0 aliphatic rings. The number of rotatable bonds is 5. The number of alkyl halides is 1. The van der Waals surface area contributed by atoms with Crippen molar-refractivity contribution in [2.75, 3.05) is 0 Å². The maximum atomic E-state index is 10.9. The summed E-state index contributed by atoms with van der Waals surface area (Å²) in [5.74, 6) is 0.341. The molecule has 3 nitrogen and oxygen atoms in total. The highest BCUT2D eigenvalue weighted by Crippen LogP contribution is 2.31. The Bertz CT molecular complexity index is 409.